The van der Waals surface area contributed by atoms with E-state index in [1.807, 2.05) is 0 Å². The van der Waals surface area contributed by atoms with Crippen molar-refractivity contribution in [3.05, 3.63) is 101 Å². The Hall–Kier alpha value is -3.07. The van der Waals surface area contributed by atoms with Crippen molar-refractivity contribution in [3.63, 3.8) is 0 Å². The van der Waals surface area contributed by atoms with Crippen LogP contribution >= 0.6 is 0 Å². The lowest BCUT2D eigenvalue weighted by atomic mass is 9.93. The molecule has 27 heavy (non-hydrogen) atoms. The summed E-state index contributed by atoms with van der Waals surface area (Å²) >= 11 is 0. The number of benzene rings is 3. The molecule has 1 fully saturated rings. The first-order valence-electron chi connectivity index (χ1n) is 9.03. The number of hydrogen-bond donors (Lipinski definition) is 1. The van der Waals surface area contributed by atoms with E-state index in [4.69, 9.17) is 5.11 Å². The molecule has 0 aliphatic heterocycles. The van der Waals surface area contributed by atoms with Gasteiger partial charge in [-0.05, 0) is 41.9 Å². The van der Waals surface area contributed by atoms with E-state index in [-0.39, 0.29) is 5.56 Å². The smallest absolute Gasteiger partial charge is 0.335 e. The first kappa shape index (κ1) is 18.7. The first-order valence-corrected chi connectivity index (χ1v) is 9.03. The molecule has 0 saturated heterocycles. The molecular weight excluding hydrogens is 336 g/mol. The molecule has 0 aromatic heterocycles. The van der Waals surface area contributed by atoms with Crippen LogP contribution in [0.4, 0.5) is 0 Å². The van der Waals surface area contributed by atoms with E-state index in [1.54, 1.807) is 13.0 Å². The van der Waals surface area contributed by atoms with Crippen LogP contribution in [0, 0.1) is 6.92 Å². The molecule has 3 heteroatoms. The molecule has 0 spiro atoms. The molecule has 1 N–H and O–H groups in total. The van der Waals surface area contributed by atoms with Gasteiger partial charge < -0.3 is 10.2 Å². The molecule has 1 saturated carbocycles. The van der Waals surface area contributed by atoms with Gasteiger partial charge in [-0.15, -0.1) is 0 Å². The third kappa shape index (κ3) is 4.20. The predicted molar refractivity (Wildman–Crippen MR) is 105 cm³/mol. The van der Waals surface area contributed by atoms with Crippen LogP contribution in [-0.2, 0) is 5.41 Å². The van der Waals surface area contributed by atoms with E-state index < -0.39 is 11.7 Å². The minimum Gasteiger partial charge on any atom is -0.872 e. The van der Waals surface area contributed by atoms with Gasteiger partial charge in [0.2, 0.25) is 0 Å². The fourth-order valence-corrected chi connectivity index (χ4v) is 3.49. The summed E-state index contributed by atoms with van der Waals surface area (Å²) < 4.78 is 0. The van der Waals surface area contributed by atoms with Gasteiger partial charge in [0.05, 0.1) is 5.56 Å². The highest BCUT2D eigenvalue weighted by molar-refractivity contribution is 5.90. The Morgan fingerprint density at radius 1 is 1.00 bits per heavy atom. The summed E-state index contributed by atoms with van der Waals surface area (Å²) in [6.07, 6.45) is 1.28. The Kier molecular flexibility index (Phi) is 5.31. The SMILES string of the molecule is CC1(c2ccccc2)CC1c1ccccc1.Cc1ccc([O-])c(C(=O)O)c1. The van der Waals surface area contributed by atoms with Gasteiger partial charge in [0.25, 0.3) is 0 Å². The topological polar surface area (TPSA) is 60.4 Å². The normalized spacial score (nSPS) is 20.3. The zero-order valence-electron chi connectivity index (χ0n) is 15.6. The summed E-state index contributed by atoms with van der Waals surface area (Å²) in [6, 6.07) is 26.0. The monoisotopic (exact) mass is 359 g/mol. The maximum atomic E-state index is 10.8. The highest BCUT2D eigenvalue weighted by Crippen LogP contribution is 2.59. The molecule has 2 unspecified atom stereocenters. The van der Waals surface area contributed by atoms with Crippen LogP contribution < -0.4 is 5.11 Å². The van der Waals surface area contributed by atoms with Crippen LogP contribution in [0.1, 0.15) is 46.3 Å². The zero-order chi connectivity index (χ0) is 19.4. The van der Waals surface area contributed by atoms with Crippen LogP contribution in [0.25, 0.3) is 0 Å². The fourth-order valence-electron chi connectivity index (χ4n) is 3.49. The highest BCUT2D eigenvalue weighted by atomic mass is 16.4. The van der Waals surface area contributed by atoms with Gasteiger partial charge in [0.1, 0.15) is 0 Å². The molecule has 0 radical (unpaired) electrons. The van der Waals surface area contributed by atoms with E-state index in [0.29, 0.717) is 11.3 Å². The Morgan fingerprint density at radius 3 is 2.15 bits per heavy atom. The fraction of sp³-hybridized carbons (Fsp3) is 0.208. The van der Waals surface area contributed by atoms with Gasteiger partial charge in [-0.1, -0.05) is 91.0 Å². The van der Waals surface area contributed by atoms with Crippen molar-refractivity contribution < 1.29 is 15.0 Å². The number of aromatic carboxylic acids is 1. The molecule has 0 bridgehead atoms. The quantitative estimate of drug-likeness (QED) is 0.723. The van der Waals surface area contributed by atoms with Crippen molar-refractivity contribution in [2.24, 2.45) is 0 Å². The van der Waals surface area contributed by atoms with Gasteiger partial charge >= 0.3 is 5.97 Å². The van der Waals surface area contributed by atoms with Crippen molar-refractivity contribution in [1.29, 1.82) is 0 Å². The van der Waals surface area contributed by atoms with Crippen molar-refractivity contribution >= 4 is 5.97 Å². The third-order valence-electron chi connectivity index (χ3n) is 5.24. The Labute approximate surface area is 159 Å². The van der Waals surface area contributed by atoms with Gasteiger partial charge in [0.15, 0.2) is 0 Å². The molecule has 2 atom stereocenters. The van der Waals surface area contributed by atoms with Crippen LogP contribution in [-0.4, -0.2) is 11.1 Å². The van der Waals surface area contributed by atoms with E-state index in [1.165, 1.54) is 29.7 Å². The van der Waals surface area contributed by atoms with Gasteiger partial charge in [-0.25, -0.2) is 4.79 Å². The average molecular weight is 359 g/mol. The Bertz CT molecular complexity index is 919. The van der Waals surface area contributed by atoms with Crippen LogP contribution in [0.5, 0.6) is 5.75 Å². The molecule has 138 valence electrons. The van der Waals surface area contributed by atoms with Gasteiger partial charge in [-0.2, -0.15) is 0 Å². The zero-order valence-corrected chi connectivity index (χ0v) is 15.6. The molecular formula is C24H23O3-. The van der Waals surface area contributed by atoms with Crippen LogP contribution in [0.15, 0.2) is 78.9 Å². The molecule has 3 aromatic rings. The standard InChI is InChI=1S/C16H16.C8H8O3/c1-16(14-10-6-3-7-11-14)12-15(16)13-8-4-2-5-9-13;1-5-2-3-7(9)6(4-5)8(10)11/h2-11,15H,12H2,1H3;2-4,9H,1H3,(H,10,11)/p-1. The predicted octanol–water partition coefficient (Wildman–Crippen LogP) is 4.90. The van der Waals surface area contributed by atoms with E-state index in [2.05, 4.69) is 67.6 Å². The van der Waals surface area contributed by atoms with Crippen molar-refractivity contribution in [2.45, 2.75) is 31.6 Å². The summed E-state index contributed by atoms with van der Waals surface area (Å²) in [4.78, 5) is 10.4. The van der Waals surface area contributed by atoms with Gasteiger partial charge in [0, 0.05) is 0 Å². The lowest BCUT2D eigenvalue weighted by Gasteiger charge is -2.11. The largest absolute Gasteiger partial charge is 0.872 e. The average Bonchev–Trinajstić information content (AvgIpc) is 3.39. The molecule has 0 amide bonds. The molecule has 1 aliphatic rings. The minimum absolute atomic E-state index is 0.162. The van der Waals surface area contributed by atoms with E-state index in [0.717, 1.165) is 5.56 Å². The van der Waals surface area contributed by atoms with Crippen LogP contribution in [0.3, 0.4) is 0 Å². The second-order valence-electron chi connectivity index (χ2n) is 7.26. The first-order chi connectivity index (χ1) is 12.9. The molecule has 1 aliphatic carbocycles. The second kappa shape index (κ2) is 7.67. The summed E-state index contributed by atoms with van der Waals surface area (Å²) in [5, 5.41) is 19.3. The number of aryl methyl sites for hydroxylation is 1. The number of carboxylic acids is 1. The van der Waals surface area contributed by atoms with E-state index >= 15 is 0 Å². The summed E-state index contributed by atoms with van der Waals surface area (Å²) in [7, 11) is 0. The highest BCUT2D eigenvalue weighted by Gasteiger charge is 2.51. The number of hydrogen-bond acceptors (Lipinski definition) is 2. The van der Waals surface area contributed by atoms with Gasteiger partial charge in [-0.3, -0.25) is 0 Å². The van der Waals surface area contributed by atoms with Crippen molar-refractivity contribution in [1.82, 2.24) is 0 Å². The summed E-state index contributed by atoms with van der Waals surface area (Å²) in [6.45, 7) is 4.12. The van der Waals surface area contributed by atoms with Crippen LogP contribution in [0.2, 0.25) is 0 Å². The number of rotatable bonds is 3. The molecule has 3 nitrogen and oxygen atoms in total. The second-order valence-corrected chi connectivity index (χ2v) is 7.26. The molecule has 0 heterocycles. The summed E-state index contributed by atoms with van der Waals surface area (Å²) in [5.41, 5.74) is 3.94. The van der Waals surface area contributed by atoms with Crippen molar-refractivity contribution in [2.75, 3.05) is 0 Å². The lowest BCUT2D eigenvalue weighted by molar-refractivity contribution is -0.268. The molecule has 3 aromatic carbocycles. The molecule has 4 rings (SSSR count). The Balaban J connectivity index is 0.000000168. The Morgan fingerprint density at radius 2 is 1.59 bits per heavy atom. The number of carboxylic acid groups (broad SMARTS) is 1. The van der Waals surface area contributed by atoms with E-state index in [9.17, 15) is 9.90 Å². The number of carbonyl (C=O) groups is 1. The third-order valence-corrected chi connectivity index (χ3v) is 5.24. The maximum Gasteiger partial charge on any atom is 0.335 e. The van der Waals surface area contributed by atoms with Crippen molar-refractivity contribution in [3.8, 4) is 5.75 Å². The minimum atomic E-state index is -1.17. The lowest BCUT2D eigenvalue weighted by Crippen LogP contribution is -2.03. The summed E-state index contributed by atoms with van der Waals surface area (Å²) in [5.74, 6) is -0.905. The maximum absolute atomic E-state index is 10.8.